The first-order valence-electron chi connectivity index (χ1n) is 8.13. The monoisotopic (exact) mass is 345 g/mol. The van der Waals surface area contributed by atoms with Crippen molar-refractivity contribution in [2.75, 3.05) is 25.0 Å². The smallest absolute Gasteiger partial charge is 0.328 e. The van der Waals surface area contributed by atoms with E-state index < -0.39 is 11.8 Å². The van der Waals surface area contributed by atoms with Crippen molar-refractivity contribution >= 4 is 17.9 Å². The first-order valence-corrected chi connectivity index (χ1v) is 8.13. The fourth-order valence-electron chi connectivity index (χ4n) is 2.84. The van der Waals surface area contributed by atoms with E-state index in [1.54, 1.807) is 6.20 Å². The van der Waals surface area contributed by atoms with Gasteiger partial charge in [0.15, 0.2) is 11.6 Å². The summed E-state index contributed by atoms with van der Waals surface area (Å²) in [6, 6.07) is 3.32. The van der Waals surface area contributed by atoms with Crippen LogP contribution in [0, 0.1) is 5.82 Å². The van der Waals surface area contributed by atoms with Gasteiger partial charge in [0, 0.05) is 50.3 Å². The molecule has 1 aliphatic heterocycles. The van der Waals surface area contributed by atoms with Gasteiger partial charge in [0.2, 0.25) is 0 Å². The summed E-state index contributed by atoms with van der Waals surface area (Å²) < 4.78 is 16.0. The molecule has 0 saturated carbocycles. The highest BCUT2D eigenvalue weighted by molar-refractivity contribution is 5.85. The predicted octanol–water partition coefficient (Wildman–Crippen LogP) is 1.70. The standard InChI is InChI=1S/C17H20FN5O2/c18-15-10-13(2-3-16(24)25)11-19-17(15)21-14-4-7-22(12-14)8-9-23-6-1-5-20-23/h1-3,5-6,10-11,14H,4,7-9,12H2,(H,19,21)(H,24,25)/t14-/m1/s1. The number of hydrogen-bond acceptors (Lipinski definition) is 5. The average Bonchev–Trinajstić information content (AvgIpc) is 3.25. The van der Waals surface area contributed by atoms with Gasteiger partial charge >= 0.3 is 5.97 Å². The van der Waals surface area contributed by atoms with Crippen molar-refractivity contribution in [3.05, 3.63) is 48.2 Å². The number of aliphatic carboxylic acids is 1. The van der Waals surface area contributed by atoms with Crippen LogP contribution < -0.4 is 5.32 Å². The lowest BCUT2D eigenvalue weighted by Gasteiger charge is -2.17. The molecule has 1 fully saturated rings. The molecule has 3 heterocycles. The summed E-state index contributed by atoms with van der Waals surface area (Å²) in [6.07, 6.45) is 8.34. The summed E-state index contributed by atoms with van der Waals surface area (Å²) in [5.41, 5.74) is 0.415. The van der Waals surface area contributed by atoms with Crippen LogP contribution in [-0.2, 0) is 11.3 Å². The number of rotatable bonds is 7. The molecule has 25 heavy (non-hydrogen) atoms. The van der Waals surface area contributed by atoms with E-state index in [1.807, 2.05) is 16.9 Å². The van der Waals surface area contributed by atoms with Gasteiger partial charge in [-0.05, 0) is 30.2 Å². The third kappa shape index (κ3) is 4.87. The van der Waals surface area contributed by atoms with E-state index in [1.165, 1.54) is 18.3 Å². The molecule has 0 spiro atoms. The highest BCUT2D eigenvalue weighted by Crippen LogP contribution is 2.18. The number of carboxylic acid groups (broad SMARTS) is 1. The number of halogens is 1. The zero-order valence-corrected chi connectivity index (χ0v) is 13.7. The number of nitrogens with zero attached hydrogens (tertiary/aromatic N) is 4. The number of nitrogens with one attached hydrogen (secondary N) is 1. The van der Waals surface area contributed by atoms with E-state index in [4.69, 9.17) is 5.11 Å². The maximum atomic E-state index is 14.1. The first kappa shape index (κ1) is 17.1. The maximum absolute atomic E-state index is 14.1. The van der Waals surface area contributed by atoms with Gasteiger partial charge < -0.3 is 10.4 Å². The van der Waals surface area contributed by atoms with Crippen molar-refractivity contribution in [2.45, 2.75) is 19.0 Å². The minimum Gasteiger partial charge on any atom is -0.478 e. The summed E-state index contributed by atoms with van der Waals surface area (Å²) in [4.78, 5) is 16.9. The Morgan fingerprint density at radius 3 is 3.08 bits per heavy atom. The minimum atomic E-state index is -1.08. The molecule has 0 aliphatic carbocycles. The molecule has 132 valence electrons. The van der Waals surface area contributed by atoms with Gasteiger partial charge in [-0.1, -0.05) is 0 Å². The fourth-order valence-corrected chi connectivity index (χ4v) is 2.84. The highest BCUT2D eigenvalue weighted by atomic mass is 19.1. The van der Waals surface area contributed by atoms with Crippen LogP contribution in [0.5, 0.6) is 0 Å². The number of pyridine rings is 1. The summed E-state index contributed by atoms with van der Waals surface area (Å²) >= 11 is 0. The van der Waals surface area contributed by atoms with Crippen molar-refractivity contribution < 1.29 is 14.3 Å². The molecule has 2 N–H and O–H groups in total. The van der Waals surface area contributed by atoms with Crippen molar-refractivity contribution in [2.24, 2.45) is 0 Å². The van der Waals surface area contributed by atoms with Crippen molar-refractivity contribution in [3.8, 4) is 0 Å². The summed E-state index contributed by atoms with van der Waals surface area (Å²) in [6.45, 7) is 3.49. The number of carboxylic acids is 1. The summed E-state index contributed by atoms with van der Waals surface area (Å²) in [7, 11) is 0. The molecule has 0 amide bonds. The molecule has 2 aromatic heterocycles. The molecule has 0 radical (unpaired) electrons. The molecule has 7 nitrogen and oxygen atoms in total. The lowest BCUT2D eigenvalue weighted by atomic mass is 10.2. The largest absolute Gasteiger partial charge is 0.478 e. The third-order valence-electron chi connectivity index (χ3n) is 4.10. The molecular formula is C17H20FN5O2. The van der Waals surface area contributed by atoms with E-state index in [0.29, 0.717) is 5.56 Å². The van der Waals surface area contributed by atoms with Crippen molar-refractivity contribution in [3.63, 3.8) is 0 Å². The normalized spacial score (nSPS) is 18.0. The summed E-state index contributed by atoms with van der Waals surface area (Å²) in [5.74, 6) is -1.36. The highest BCUT2D eigenvalue weighted by Gasteiger charge is 2.23. The van der Waals surface area contributed by atoms with Gasteiger partial charge in [-0.2, -0.15) is 5.10 Å². The number of aromatic nitrogens is 3. The Labute approximate surface area is 144 Å². The lowest BCUT2D eigenvalue weighted by Crippen LogP contribution is -2.29. The first-order chi connectivity index (χ1) is 12.1. The molecule has 3 rings (SSSR count). The van der Waals surface area contributed by atoms with E-state index in [2.05, 4.69) is 20.3 Å². The molecule has 0 unspecified atom stereocenters. The summed E-state index contributed by atoms with van der Waals surface area (Å²) in [5, 5.41) is 15.9. The number of anilines is 1. The zero-order chi connectivity index (χ0) is 17.6. The van der Waals surface area contributed by atoms with Crippen LogP contribution in [-0.4, -0.2) is 56.4 Å². The maximum Gasteiger partial charge on any atom is 0.328 e. The quantitative estimate of drug-likeness (QED) is 0.743. The van der Waals surface area contributed by atoms with Gasteiger partial charge in [-0.25, -0.2) is 14.2 Å². The number of hydrogen-bond donors (Lipinski definition) is 2. The minimum absolute atomic E-state index is 0.139. The van der Waals surface area contributed by atoms with Crippen LogP contribution in [0.1, 0.15) is 12.0 Å². The Morgan fingerprint density at radius 2 is 2.36 bits per heavy atom. The molecule has 2 aromatic rings. The molecule has 0 aromatic carbocycles. The second-order valence-corrected chi connectivity index (χ2v) is 5.97. The van der Waals surface area contributed by atoms with Crippen molar-refractivity contribution in [1.29, 1.82) is 0 Å². The van der Waals surface area contributed by atoms with Gasteiger partial charge in [0.05, 0.1) is 6.54 Å². The molecule has 0 bridgehead atoms. The Kier molecular flexibility index (Phi) is 5.39. The SMILES string of the molecule is O=C(O)C=Cc1cnc(N[C@@H]2CCN(CCn3cccn3)C2)c(F)c1. The van der Waals surface area contributed by atoms with Crippen LogP contribution >= 0.6 is 0 Å². The Morgan fingerprint density at radius 1 is 1.48 bits per heavy atom. The molecular weight excluding hydrogens is 325 g/mol. The Bertz CT molecular complexity index is 748. The van der Waals surface area contributed by atoms with Crippen LogP contribution in [0.4, 0.5) is 10.2 Å². The van der Waals surface area contributed by atoms with Crippen LogP contribution in [0.3, 0.4) is 0 Å². The van der Waals surface area contributed by atoms with E-state index in [9.17, 15) is 9.18 Å². The second-order valence-electron chi connectivity index (χ2n) is 5.97. The fraction of sp³-hybridized carbons (Fsp3) is 0.353. The second kappa shape index (κ2) is 7.89. The predicted molar refractivity (Wildman–Crippen MR) is 91.6 cm³/mol. The van der Waals surface area contributed by atoms with Crippen LogP contribution in [0.25, 0.3) is 6.08 Å². The topological polar surface area (TPSA) is 83.3 Å². The van der Waals surface area contributed by atoms with Gasteiger partial charge in [-0.3, -0.25) is 9.58 Å². The van der Waals surface area contributed by atoms with E-state index >= 15 is 0 Å². The van der Waals surface area contributed by atoms with Gasteiger partial charge in [0.1, 0.15) is 0 Å². The van der Waals surface area contributed by atoms with E-state index in [0.717, 1.165) is 38.7 Å². The molecule has 8 heteroatoms. The Balaban J connectivity index is 1.51. The van der Waals surface area contributed by atoms with E-state index in [-0.39, 0.29) is 11.9 Å². The van der Waals surface area contributed by atoms with Crippen molar-refractivity contribution in [1.82, 2.24) is 19.7 Å². The molecule has 1 saturated heterocycles. The lowest BCUT2D eigenvalue weighted by molar-refractivity contribution is -0.131. The Hall–Kier alpha value is -2.74. The molecule has 1 atom stereocenters. The van der Waals surface area contributed by atoms with Gasteiger partial charge in [-0.15, -0.1) is 0 Å². The zero-order valence-electron chi connectivity index (χ0n) is 13.7. The number of likely N-dealkylation sites (tertiary alicyclic amines) is 1. The third-order valence-corrected chi connectivity index (χ3v) is 4.10. The van der Waals surface area contributed by atoms with Crippen LogP contribution in [0.2, 0.25) is 0 Å². The van der Waals surface area contributed by atoms with Crippen LogP contribution in [0.15, 0.2) is 36.8 Å². The van der Waals surface area contributed by atoms with Gasteiger partial charge in [0.25, 0.3) is 0 Å². The molecule has 1 aliphatic rings. The number of carbonyl (C=O) groups is 1. The average molecular weight is 345 g/mol.